The molecule has 0 saturated heterocycles. The van der Waals surface area contributed by atoms with Crippen LogP contribution in [-0.4, -0.2) is 37.9 Å². The molecule has 0 aliphatic carbocycles. The number of nitrogens with one attached hydrogen (secondary N) is 1. The van der Waals surface area contributed by atoms with Crippen molar-refractivity contribution in [3.8, 4) is 5.75 Å². The Morgan fingerprint density at radius 1 is 1.25 bits per heavy atom. The van der Waals surface area contributed by atoms with Gasteiger partial charge in [-0.2, -0.15) is 8.42 Å². The molecule has 0 saturated carbocycles. The summed E-state index contributed by atoms with van der Waals surface area (Å²) >= 11 is 0. The summed E-state index contributed by atoms with van der Waals surface area (Å²) in [5.41, 5.74) is 1.03. The lowest BCUT2D eigenvalue weighted by molar-refractivity contribution is 0.384. The van der Waals surface area contributed by atoms with Crippen LogP contribution in [0.15, 0.2) is 24.3 Å². The molecule has 1 aromatic rings. The normalized spacial score (nSPS) is 12.4. The second kappa shape index (κ2) is 7.06. The van der Waals surface area contributed by atoms with Crippen molar-refractivity contribution in [3.05, 3.63) is 29.8 Å². The fourth-order valence-corrected chi connectivity index (χ4v) is 2.51. The van der Waals surface area contributed by atoms with Gasteiger partial charge in [-0.05, 0) is 50.9 Å². The predicted molar refractivity (Wildman–Crippen MR) is 79.8 cm³/mol. The zero-order chi connectivity index (χ0) is 15.2. The van der Waals surface area contributed by atoms with Gasteiger partial charge >= 0.3 is 0 Å². The number of hydrogen-bond acceptors (Lipinski definition) is 4. The van der Waals surface area contributed by atoms with Crippen molar-refractivity contribution in [2.45, 2.75) is 32.2 Å². The maximum atomic E-state index is 10.6. The van der Waals surface area contributed by atoms with Crippen molar-refractivity contribution >= 4 is 10.1 Å². The SMILES string of the molecule is COc1ccc(CC(C)(C)NCCCS(=O)(=O)O)cc1. The van der Waals surface area contributed by atoms with Gasteiger partial charge in [0.15, 0.2) is 0 Å². The van der Waals surface area contributed by atoms with Gasteiger partial charge < -0.3 is 10.1 Å². The van der Waals surface area contributed by atoms with E-state index in [-0.39, 0.29) is 11.3 Å². The van der Waals surface area contributed by atoms with E-state index in [1.165, 1.54) is 5.56 Å². The van der Waals surface area contributed by atoms with Crippen LogP contribution in [0.1, 0.15) is 25.8 Å². The molecule has 0 unspecified atom stereocenters. The summed E-state index contributed by atoms with van der Waals surface area (Å²) in [5, 5.41) is 3.30. The minimum Gasteiger partial charge on any atom is -0.497 e. The van der Waals surface area contributed by atoms with E-state index in [1.807, 2.05) is 24.3 Å². The van der Waals surface area contributed by atoms with Crippen LogP contribution in [0, 0.1) is 0 Å². The van der Waals surface area contributed by atoms with Crippen molar-refractivity contribution in [1.82, 2.24) is 5.32 Å². The first kappa shape index (κ1) is 16.9. The summed E-state index contributed by atoms with van der Waals surface area (Å²) in [4.78, 5) is 0. The Hall–Kier alpha value is -1.11. The molecule has 0 aromatic heterocycles. The maximum absolute atomic E-state index is 10.6. The summed E-state index contributed by atoms with van der Waals surface area (Å²) in [6.07, 6.45) is 1.22. The third kappa shape index (κ3) is 6.88. The molecule has 0 aliphatic rings. The molecule has 6 heteroatoms. The highest BCUT2D eigenvalue weighted by molar-refractivity contribution is 7.85. The molecule has 0 spiro atoms. The monoisotopic (exact) mass is 301 g/mol. The number of ether oxygens (including phenoxy) is 1. The van der Waals surface area contributed by atoms with Crippen LogP contribution in [0.2, 0.25) is 0 Å². The fourth-order valence-electron chi connectivity index (χ4n) is 2.00. The minimum absolute atomic E-state index is 0.145. The van der Waals surface area contributed by atoms with Gasteiger partial charge in [-0.3, -0.25) is 4.55 Å². The Balaban J connectivity index is 2.43. The van der Waals surface area contributed by atoms with E-state index < -0.39 is 10.1 Å². The molecule has 0 fully saturated rings. The highest BCUT2D eigenvalue weighted by Gasteiger charge is 2.17. The first-order valence-corrected chi connectivity index (χ1v) is 8.16. The van der Waals surface area contributed by atoms with Crippen molar-refractivity contribution in [3.63, 3.8) is 0 Å². The number of hydrogen-bond donors (Lipinski definition) is 2. The lowest BCUT2D eigenvalue weighted by atomic mass is 9.95. The Bertz CT molecular complexity index is 508. The van der Waals surface area contributed by atoms with E-state index in [9.17, 15) is 8.42 Å². The minimum atomic E-state index is -3.86. The molecule has 0 bridgehead atoms. The Labute approximate surface area is 121 Å². The van der Waals surface area contributed by atoms with Crippen molar-refractivity contribution < 1.29 is 17.7 Å². The molecule has 5 nitrogen and oxygen atoms in total. The molecular formula is C14H23NO4S. The third-order valence-electron chi connectivity index (χ3n) is 2.99. The van der Waals surface area contributed by atoms with E-state index in [0.29, 0.717) is 13.0 Å². The molecular weight excluding hydrogens is 278 g/mol. The Morgan fingerprint density at radius 3 is 2.35 bits per heavy atom. The van der Waals surface area contributed by atoms with Crippen LogP contribution in [-0.2, 0) is 16.5 Å². The first-order valence-electron chi connectivity index (χ1n) is 6.55. The first-order chi connectivity index (χ1) is 9.22. The molecule has 0 heterocycles. The molecule has 0 amide bonds. The third-order valence-corrected chi connectivity index (χ3v) is 3.79. The van der Waals surface area contributed by atoms with E-state index in [4.69, 9.17) is 9.29 Å². The lowest BCUT2D eigenvalue weighted by Gasteiger charge is -2.26. The van der Waals surface area contributed by atoms with Crippen LogP contribution < -0.4 is 10.1 Å². The average Bonchev–Trinajstić information content (AvgIpc) is 2.34. The molecule has 0 radical (unpaired) electrons. The van der Waals surface area contributed by atoms with Gasteiger partial charge in [0.1, 0.15) is 5.75 Å². The van der Waals surface area contributed by atoms with E-state index in [0.717, 1.165) is 12.2 Å². The van der Waals surface area contributed by atoms with Crippen molar-refractivity contribution in [2.24, 2.45) is 0 Å². The molecule has 0 aliphatic heterocycles. The van der Waals surface area contributed by atoms with Gasteiger partial charge in [0, 0.05) is 5.54 Å². The lowest BCUT2D eigenvalue weighted by Crippen LogP contribution is -2.42. The van der Waals surface area contributed by atoms with E-state index in [1.54, 1.807) is 7.11 Å². The summed E-state index contributed by atoms with van der Waals surface area (Å²) in [7, 11) is -2.23. The zero-order valence-corrected chi connectivity index (χ0v) is 13.0. The van der Waals surface area contributed by atoms with Crippen molar-refractivity contribution in [1.29, 1.82) is 0 Å². The molecule has 0 atom stereocenters. The van der Waals surface area contributed by atoms with Gasteiger partial charge in [-0.1, -0.05) is 12.1 Å². The second-order valence-electron chi connectivity index (χ2n) is 5.48. The largest absolute Gasteiger partial charge is 0.497 e. The van der Waals surface area contributed by atoms with Crippen LogP contribution in [0.25, 0.3) is 0 Å². The standard InChI is InChI=1S/C14H23NO4S/c1-14(2,15-9-4-10-20(16,17)18)11-12-5-7-13(19-3)8-6-12/h5-8,15H,4,9-11H2,1-3H3,(H,16,17,18). The fraction of sp³-hybridized carbons (Fsp3) is 0.571. The van der Waals surface area contributed by atoms with Crippen LogP contribution >= 0.6 is 0 Å². The molecule has 2 N–H and O–H groups in total. The highest BCUT2D eigenvalue weighted by Crippen LogP contribution is 2.16. The zero-order valence-electron chi connectivity index (χ0n) is 12.2. The Kier molecular flexibility index (Phi) is 5.98. The van der Waals surface area contributed by atoms with E-state index in [2.05, 4.69) is 19.2 Å². The van der Waals surface area contributed by atoms with Gasteiger partial charge in [-0.15, -0.1) is 0 Å². The maximum Gasteiger partial charge on any atom is 0.264 e. The molecule has 20 heavy (non-hydrogen) atoms. The van der Waals surface area contributed by atoms with Gasteiger partial charge in [0.2, 0.25) is 0 Å². The Morgan fingerprint density at radius 2 is 1.85 bits per heavy atom. The quantitative estimate of drug-likeness (QED) is 0.566. The predicted octanol–water partition coefficient (Wildman–Crippen LogP) is 1.88. The summed E-state index contributed by atoms with van der Waals surface area (Å²) < 4.78 is 35.0. The molecule has 114 valence electrons. The van der Waals surface area contributed by atoms with Crippen LogP contribution in [0.3, 0.4) is 0 Å². The summed E-state index contributed by atoms with van der Waals surface area (Å²) in [6, 6.07) is 7.87. The summed E-state index contributed by atoms with van der Waals surface area (Å²) in [6.45, 7) is 4.66. The van der Waals surface area contributed by atoms with Gasteiger partial charge in [-0.25, -0.2) is 0 Å². The van der Waals surface area contributed by atoms with Crippen molar-refractivity contribution in [2.75, 3.05) is 19.4 Å². The molecule has 1 aromatic carbocycles. The number of rotatable bonds is 8. The topological polar surface area (TPSA) is 75.6 Å². The highest BCUT2D eigenvalue weighted by atomic mass is 32.2. The van der Waals surface area contributed by atoms with Crippen LogP contribution in [0.5, 0.6) is 5.75 Å². The van der Waals surface area contributed by atoms with Crippen LogP contribution in [0.4, 0.5) is 0 Å². The number of methoxy groups -OCH3 is 1. The summed E-state index contributed by atoms with van der Waals surface area (Å²) in [5.74, 6) is 0.617. The smallest absolute Gasteiger partial charge is 0.264 e. The van der Waals surface area contributed by atoms with E-state index >= 15 is 0 Å². The molecule has 1 rings (SSSR count). The van der Waals surface area contributed by atoms with Gasteiger partial charge in [0.25, 0.3) is 10.1 Å². The average molecular weight is 301 g/mol. The van der Waals surface area contributed by atoms with Gasteiger partial charge in [0.05, 0.1) is 12.9 Å². The number of benzene rings is 1. The second-order valence-corrected chi connectivity index (χ2v) is 7.05.